The van der Waals surface area contributed by atoms with Crippen LogP contribution < -0.4 is 9.47 Å². The number of hydrogen-bond acceptors (Lipinski definition) is 6. The van der Waals surface area contributed by atoms with E-state index < -0.39 is 11.9 Å². The van der Waals surface area contributed by atoms with Crippen molar-refractivity contribution in [3.8, 4) is 56.8 Å². The lowest BCUT2D eigenvalue weighted by Gasteiger charge is -2.08. The van der Waals surface area contributed by atoms with Crippen molar-refractivity contribution in [3.05, 3.63) is 157 Å². The van der Waals surface area contributed by atoms with Gasteiger partial charge >= 0.3 is 11.9 Å². The van der Waals surface area contributed by atoms with E-state index >= 15 is 0 Å². The fourth-order valence-corrected chi connectivity index (χ4v) is 5.02. The maximum absolute atomic E-state index is 12.7. The largest absolute Gasteiger partial charge is 0.422 e. The van der Waals surface area contributed by atoms with E-state index in [0.717, 1.165) is 22.5 Å². The fourth-order valence-electron chi connectivity index (χ4n) is 5.02. The zero-order valence-electron chi connectivity index (χ0n) is 24.4. The number of para-hydroxylation sites is 2. The molecule has 0 aliphatic carbocycles. The Labute approximate surface area is 264 Å². The second kappa shape index (κ2) is 12.6. The number of aromatic nitrogens is 4. The van der Waals surface area contributed by atoms with Gasteiger partial charge in [0.05, 0.1) is 33.6 Å². The van der Waals surface area contributed by atoms with Gasteiger partial charge in [0.25, 0.3) is 0 Å². The highest BCUT2D eigenvalue weighted by molar-refractivity contribution is 5.92. The molecule has 8 heteroatoms. The van der Waals surface area contributed by atoms with Gasteiger partial charge in [-0.2, -0.15) is 0 Å². The fraction of sp³-hybridized carbons (Fsp3) is 0. The Kier molecular flexibility index (Phi) is 7.73. The molecule has 0 bridgehead atoms. The van der Waals surface area contributed by atoms with Crippen molar-refractivity contribution in [1.29, 1.82) is 0 Å². The summed E-state index contributed by atoms with van der Waals surface area (Å²) in [5, 5.41) is 0. The highest BCUT2D eigenvalue weighted by Gasteiger charge is 2.17. The van der Waals surface area contributed by atoms with Crippen LogP contribution >= 0.6 is 0 Å². The summed E-state index contributed by atoms with van der Waals surface area (Å²) in [4.78, 5) is 41.6. The number of esters is 2. The van der Waals surface area contributed by atoms with E-state index in [1.807, 2.05) is 85.2 Å². The molecule has 0 amide bonds. The molecule has 0 atom stereocenters. The van der Waals surface area contributed by atoms with E-state index in [1.165, 1.54) is 0 Å². The molecule has 0 unspecified atom stereocenters. The molecule has 222 valence electrons. The van der Waals surface area contributed by atoms with Gasteiger partial charge in [-0.25, -0.2) is 19.6 Å². The van der Waals surface area contributed by atoms with Gasteiger partial charge in [0.1, 0.15) is 23.1 Å². The molecular formula is C38H26N4O4. The normalized spacial score (nSPS) is 10.8. The number of hydrogen-bond donors (Lipinski definition) is 2. The molecular weight excluding hydrogens is 576 g/mol. The van der Waals surface area contributed by atoms with E-state index in [1.54, 1.807) is 60.7 Å². The summed E-state index contributed by atoms with van der Waals surface area (Å²) >= 11 is 0. The summed E-state index contributed by atoms with van der Waals surface area (Å²) < 4.78 is 11.5. The lowest BCUT2D eigenvalue weighted by atomic mass is 10.1. The van der Waals surface area contributed by atoms with Gasteiger partial charge < -0.3 is 19.4 Å². The molecule has 7 aromatic rings. The highest BCUT2D eigenvalue weighted by atomic mass is 16.5. The van der Waals surface area contributed by atoms with Gasteiger partial charge in [0, 0.05) is 23.5 Å². The molecule has 5 aromatic carbocycles. The van der Waals surface area contributed by atoms with Crippen molar-refractivity contribution < 1.29 is 19.1 Å². The molecule has 46 heavy (non-hydrogen) atoms. The zero-order chi connectivity index (χ0) is 31.3. The SMILES string of the molecule is O=C(Oc1ccccc1-c1nc(-c2cccc(-c3c[nH]c(-c4ccccc4OC(=O)c4ccccc4)n3)c2)c[nH]1)c1ccccc1. The molecule has 0 radical (unpaired) electrons. The van der Waals surface area contributed by atoms with Crippen LogP contribution in [0.5, 0.6) is 11.5 Å². The minimum Gasteiger partial charge on any atom is -0.422 e. The number of nitrogens with one attached hydrogen (secondary N) is 2. The van der Waals surface area contributed by atoms with Crippen LogP contribution in [0.4, 0.5) is 0 Å². The van der Waals surface area contributed by atoms with E-state index in [2.05, 4.69) is 9.97 Å². The number of aromatic amines is 2. The number of imidazole rings is 2. The van der Waals surface area contributed by atoms with Crippen LogP contribution in [0.15, 0.2) is 146 Å². The predicted octanol–water partition coefficient (Wildman–Crippen LogP) is 8.24. The number of benzene rings is 5. The molecule has 8 nitrogen and oxygen atoms in total. The molecule has 0 saturated carbocycles. The quantitative estimate of drug-likeness (QED) is 0.134. The Morgan fingerprint density at radius 2 is 0.891 bits per heavy atom. The average Bonchev–Trinajstić information content (AvgIpc) is 3.81. The van der Waals surface area contributed by atoms with Crippen LogP contribution in [0.2, 0.25) is 0 Å². The van der Waals surface area contributed by atoms with Crippen molar-refractivity contribution >= 4 is 11.9 Å². The van der Waals surface area contributed by atoms with Crippen LogP contribution in [0.1, 0.15) is 20.7 Å². The van der Waals surface area contributed by atoms with Crippen LogP contribution in [0, 0.1) is 0 Å². The van der Waals surface area contributed by atoms with Gasteiger partial charge in [-0.3, -0.25) is 0 Å². The second-order valence-electron chi connectivity index (χ2n) is 10.4. The number of H-pyrrole nitrogens is 2. The molecule has 2 N–H and O–H groups in total. The number of carbonyl (C=O) groups is 2. The van der Waals surface area contributed by atoms with Gasteiger partial charge in [-0.1, -0.05) is 78.9 Å². The third-order valence-corrected chi connectivity index (χ3v) is 7.32. The van der Waals surface area contributed by atoms with E-state index in [0.29, 0.717) is 45.4 Å². The van der Waals surface area contributed by atoms with Crippen LogP contribution in [-0.4, -0.2) is 31.9 Å². The summed E-state index contributed by atoms with van der Waals surface area (Å²) in [6, 6.07) is 40.2. The Morgan fingerprint density at radius 3 is 1.35 bits per heavy atom. The average molecular weight is 603 g/mol. The third-order valence-electron chi connectivity index (χ3n) is 7.32. The van der Waals surface area contributed by atoms with Gasteiger partial charge in [0.2, 0.25) is 0 Å². The topological polar surface area (TPSA) is 110 Å². The molecule has 2 aromatic heterocycles. The Hall–Kier alpha value is -6.54. The van der Waals surface area contributed by atoms with Crippen LogP contribution in [0.3, 0.4) is 0 Å². The van der Waals surface area contributed by atoms with Crippen molar-refractivity contribution in [2.24, 2.45) is 0 Å². The minimum atomic E-state index is -0.442. The maximum Gasteiger partial charge on any atom is 0.343 e. The smallest absolute Gasteiger partial charge is 0.343 e. The number of carbonyl (C=O) groups excluding carboxylic acids is 2. The van der Waals surface area contributed by atoms with Crippen LogP contribution in [-0.2, 0) is 0 Å². The first-order chi connectivity index (χ1) is 22.6. The number of rotatable bonds is 8. The molecule has 0 aliphatic rings. The lowest BCUT2D eigenvalue weighted by Crippen LogP contribution is -2.09. The summed E-state index contributed by atoms with van der Waals surface area (Å²) in [5.41, 5.74) is 5.45. The van der Waals surface area contributed by atoms with Crippen molar-refractivity contribution in [2.75, 3.05) is 0 Å². The van der Waals surface area contributed by atoms with Gasteiger partial charge in [0.15, 0.2) is 0 Å². The third kappa shape index (κ3) is 5.95. The molecule has 0 fully saturated rings. The summed E-state index contributed by atoms with van der Waals surface area (Å²) in [6.45, 7) is 0. The second-order valence-corrected chi connectivity index (χ2v) is 10.4. The maximum atomic E-state index is 12.7. The number of nitrogens with zero attached hydrogens (tertiary/aromatic N) is 2. The lowest BCUT2D eigenvalue weighted by molar-refractivity contribution is 0.0726. The zero-order valence-corrected chi connectivity index (χ0v) is 24.4. The predicted molar refractivity (Wildman–Crippen MR) is 175 cm³/mol. The summed E-state index contributed by atoms with van der Waals surface area (Å²) in [5.74, 6) is 1.07. The molecule has 0 aliphatic heterocycles. The van der Waals surface area contributed by atoms with Gasteiger partial charge in [-0.15, -0.1) is 0 Å². The first-order valence-corrected chi connectivity index (χ1v) is 14.6. The molecule has 0 spiro atoms. The minimum absolute atomic E-state index is 0.407. The van der Waals surface area contributed by atoms with Gasteiger partial charge in [-0.05, 0) is 54.6 Å². The first kappa shape index (κ1) is 28.2. The molecule has 0 saturated heterocycles. The standard InChI is InChI=1S/C38H26N4O4/c43-37(25-12-3-1-4-13-25)45-33-20-9-7-18-29(33)35-39-23-31(41-35)27-16-11-17-28(22-27)32-24-40-36(42-32)30-19-8-10-21-34(30)46-38(44)26-14-5-2-6-15-26/h1-24H,(H,39,41)(H,40,42). The van der Waals surface area contributed by atoms with Crippen molar-refractivity contribution in [1.82, 2.24) is 19.9 Å². The summed E-state index contributed by atoms with van der Waals surface area (Å²) in [7, 11) is 0. The Morgan fingerprint density at radius 1 is 0.478 bits per heavy atom. The number of ether oxygens (including phenoxy) is 2. The van der Waals surface area contributed by atoms with E-state index in [9.17, 15) is 9.59 Å². The Balaban J connectivity index is 1.12. The van der Waals surface area contributed by atoms with E-state index in [-0.39, 0.29) is 0 Å². The molecule has 2 heterocycles. The van der Waals surface area contributed by atoms with E-state index in [4.69, 9.17) is 19.4 Å². The summed E-state index contributed by atoms with van der Waals surface area (Å²) in [6.07, 6.45) is 3.63. The Bertz CT molecular complexity index is 2000. The highest BCUT2D eigenvalue weighted by Crippen LogP contribution is 2.33. The van der Waals surface area contributed by atoms with Crippen molar-refractivity contribution in [2.45, 2.75) is 0 Å². The molecule has 7 rings (SSSR count). The monoisotopic (exact) mass is 602 g/mol. The van der Waals surface area contributed by atoms with Crippen LogP contribution in [0.25, 0.3) is 45.3 Å². The first-order valence-electron chi connectivity index (χ1n) is 14.6. The van der Waals surface area contributed by atoms with Crippen molar-refractivity contribution in [3.63, 3.8) is 0 Å².